The first-order valence-corrected chi connectivity index (χ1v) is 10.3. The topological polar surface area (TPSA) is 59.4 Å². The number of hydrogen-bond donors (Lipinski definition) is 2. The summed E-state index contributed by atoms with van der Waals surface area (Å²) in [5.41, 5.74) is 2.94. The van der Waals surface area contributed by atoms with E-state index in [4.69, 9.17) is 17.0 Å². The van der Waals surface area contributed by atoms with E-state index in [0.29, 0.717) is 16.6 Å². The van der Waals surface area contributed by atoms with Crippen LogP contribution in [0, 0.1) is 11.3 Å². The fraction of sp³-hybridized carbons (Fsp3) is 0.304. The maximum absolute atomic E-state index is 12.2. The molecular weight excluding hydrogens is 384 g/mol. The van der Waals surface area contributed by atoms with Crippen molar-refractivity contribution in [2.75, 3.05) is 36.9 Å². The minimum atomic E-state index is -0.255. The molecule has 2 heterocycles. The van der Waals surface area contributed by atoms with Crippen molar-refractivity contribution in [1.29, 1.82) is 5.41 Å². The Hall–Kier alpha value is -2.63. The molecule has 0 radical (unpaired) electrons. The van der Waals surface area contributed by atoms with Crippen LogP contribution in [0.2, 0.25) is 5.02 Å². The van der Waals surface area contributed by atoms with Crippen LogP contribution >= 0.6 is 11.6 Å². The van der Waals surface area contributed by atoms with Gasteiger partial charge < -0.3 is 20.5 Å². The van der Waals surface area contributed by atoms with Crippen molar-refractivity contribution < 1.29 is 4.79 Å². The predicted molar refractivity (Wildman–Crippen MR) is 119 cm³/mol. The van der Waals surface area contributed by atoms with E-state index in [0.717, 1.165) is 24.7 Å². The number of amides is 1. The third kappa shape index (κ3) is 4.52. The largest absolute Gasteiger partial charge is 0.367 e. The van der Waals surface area contributed by atoms with E-state index >= 15 is 0 Å². The van der Waals surface area contributed by atoms with Crippen molar-refractivity contribution >= 4 is 34.6 Å². The summed E-state index contributed by atoms with van der Waals surface area (Å²) in [7, 11) is 2.19. The van der Waals surface area contributed by atoms with Gasteiger partial charge in [0.15, 0.2) is 0 Å². The number of carbonyl (C=O) groups excluding carboxylic acids is 1. The Morgan fingerprint density at radius 1 is 1.10 bits per heavy atom. The third-order valence-electron chi connectivity index (χ3n) is 5.75. The van der Waals surface area contributed by atoms with Crippen molar-refractivity contribution in [2.24, 2.45) is 5.92 Å². The monoisotopic (exact) mass is 408 g/mol. The standard InChI is InChI=1S/C23H25ClN4O/c1-27-14-17-12-13-28(22(17)15-27)20-8-6-19(7-9-20)26-23(29)11-10-21(25)16-2-4-18(24)5-3-16/h2-11,17,22,25H,12-15H2,1H3,(H,26,29)/b11-10+,25-21?/t17-,22?/m0/s1. The summed E-state index contributed by atoms with van der Waals surface area (Å²) >= 11 is 5.86. The molecule has 150 valence electrons. The summed E-state index contributed by atoms with van der Waals surface area (Å²) in [5, 5.41) is 11.5. The summed E-state index contributed by atoms with van der Waals surface area (Å²) in [6.07, 6.45) is 4.12. The van der Waals surface area contributed by atoms with Gasteiger partial charge in [0.2, 0.25) is 5.91 Å². The lowest BCUT2D eigenvalue weighted by atomic mass is 10.0. The van der Waals surface area contributed by atoms with E-state index in [9.17, 15) is 4.79 Å². The van der Waals surface area contributed by atoms with E-state index in [2.05, 4.69) is 34.3 Å². The maximum Gasteiger partial charge on any atom is 0.248 e. The Balaban J connectivity index is 1.34. The molecule has 5 nitrogen and oxygen atoms in total. The lowest BCUT2D eigenvalue weighted by Crippen LogP contribution is -2.34. The molecule has 2 fully saturated rings. The van der Waals surface area contributed by atoms with Crippen molar-refractivity contribution in [2.45, 2.75) is 12.5 Å². The fourth-order valence-electron chi connectivity index (χ4n) is 4.30. The molecule has 1 amide bonds. The molecule has 2 aliphatic heterocycles. The number of hydrogen-bond acceptors (Lipinski definition) is 4. The zero-order valence-electron chi connectivity index (χ0n) is 16.4. The number of nitrogens with zero attached hydrogens (tertiary/aromatic N) is 2. The number of carbonyl (C=O) groups is 1. The number of fused-ring (bicyclic) bond motifs is 1. The Labute approximate surface area is 176 Å². The molecule has 0 aliphatic carbocycles. The van der Waals surface area contributed by atoms with Gasteiger partial charge in [-0.2, -0.15) is 0 Å². The number of likely N-dealkylation sites (N-methyl/N-ethyl adjacent to an activating group) is 1. The molecular formula is C23H25ClN4O. The zero-order valence-corrected chi connectivity index (χ0v) is 17.2. The number of halogens is 1. The number of nitrogens with one attached hydrogen (secondary N) is 2. The van der Waals surface area contributed by atoms with E-state index in [1.165, 1.54) is 30.8 Å². The molecule has 2 N–H and O–H groups in total. The van der Waals surface area contributed by atoms with Gasteiger partial charge in [-0.25, -0.2) is 0 Å². The average molecular weight is 409 g/mol. The van der Waals surface area contributed by atoms with Crippen LogP contribution in [0.4, 0.5) is 11.4 Å². The number of allylic oxidation sites excluding steroid dienone is 1. The number of benzene rings is 2. The second-order valence-corrected chi connectivity index (χ2v) is 8.26. The average Bonchev–Trinajstić information content (AvgIpc) is 3.26. The lowest BCUT2D eigenvalue weighted by molar-refractivity contribution is -0.111. The number of likely N-dealkylation sites (tertiary alicyclic amines) is 1. The number of anilines is 2. The highest BCUT2D eigenvalue weighted by Crippen LogP contribution is 2.34. The predicted octanol–water partition coefficient (Wildman–Crippen LogP) is 4.04. The molecule has 6 heteroatoms. The molecule has 4 rings (SSSR count). The highest BCUT2D eigenvalue weighted by atomic mass is 35.5. The zero-order chi connectivity index (χ0) is 20.4. The number of rotatable bonds is 5. The van der Waals surface area contributed by atoms with E-state index in [-0.39, 0.29) is 11.6 Å². The minimum Gasteiger partial charge on any atom is -0.367 e. The quantitative estimate of drug-likeness (QED) is 0.579. The van der Waals surface area contributed by atoms with Crippen LogP contribution in [0.5, 0.6) is 0 Å². The molecule has 0 saturated carbocycles. The Morgan fingerprint density at radius 3 is 2.55 bits per heavy atom. The van der Waals surface area contributed by atoms with E-state index < -0.39 is 0 Å². The van der Waals surface area contributed by atoms with E-state index in [1.807, 2.05) is 12.1 Å². The fourth-order valence-corrected chi connectivity index (χ4v) is 4.42. The van der Waals surface area contributed by atoms with Crippen LogP contribution in [0.1, 0.15) is 12.0 Å². The lowest BCUT2D eigenvalue weighted by Gasteiger charge is -2.26. The molecule has 0 spiro atoms. The maximum atomic E-state index is 12.2. The molecule has 2 aromatic carbocycles. The first kappa shape index (κ1) is 19.7. The van der Waals surface area contributed by atoms with Crippen LogP contribution in [0.3, 0.4) is 0 Å². The second kappa shape index (κ2) is 8.39. The Bertz CT molecular complexity index is 923. The first-order chi connectivity index (χ1) is 14.0. The van der Waals surface area contributed by atoms with Gasteiger partial charge in [-0.1, -0.05) is 23.7 Å². The van der Waals surface area contributed by atoms with E-state index in [1.54, 1.807) is 24.3 Å². The van der Waals surface area contributed by atoms with Crippen molar-refractivity contribution in [3.8, 4) is 0 Å². The van der Waals surface area contributed by atoms with Crippen LogP contribution in [-0.2, 0) is 4.79 Å². The molecule has 2 aliphatic rings. The highest BCUT2D eigenvalue weighted by molar-refractivity contribution is 6.30. The van der Waals surface area contributed by atoms with Gasteiger partial charge in [-0.15, -0.1) is 0 Å². The highest BCUT2D eigenvalue weighted by Gasteiger charge is 2.39. The molecule has 29 heavy (non-hydrogen) atoms. The summed E-state index contributed by atoms with van der Waals surface area (Å²) < 4.78 is 0. The van der Waals surface area contributed by atoms with Gasteiger partial charge in [0.1, 0.15) is 0 Å². The smallest absolute Gasteiger partial charge is 0.248 e. The van der Waals surface area contributed by atoms with Crippen molar-refractivity contribution in [1.82, 2.24) is 4.90 Å². The van der Waals surface area contributed by atoms with Crippen molar-refractivity contribution in [3.05, 3.63) is 71.3 Å². The summed E-state index contributed by atoms with van der Waals surface area (Å²) in [6, 6.07) is 15.6. The minimum absolute atomic E-state index is 0.255. The Kier molecular flexibility index (Phi) is 5.69. The molecule has 2 aromatic rings. The molecule has 2 saturated heterocycles. The van der Waals surface area contributed by atoms with Crippen LogP contribution in [0.15, 0.2) is 60.7 Å². The third-order valence-corrected chi connectivity index (χ3v) is 6.01. The van der Waals surface area contributed by atoms with Crippen LogP contribution in [0.25, 0.3) is 0 Å². The molecule has 0 bridgehead atoms. The second-order valence-electron chi connectivity index (χ2n) is 7.82. The van der Waals surface area contributed by atoms with Crippen molar-refractivity contribution in [3.63, 3.8) is 0 Å². The SMILES string of the molecule is CN1CC2[C@@H](CCN2c2ccc(NC(=O)/C=C/C(=N)c3ccc(Cl)cc3)cc2)C1. The summed E-state index contributed by atoms with van der Waals surface area (Å²) in [6.45, 7) is 3.41. The van der Waals surface area contributed by atoms with Crippen LogP contribution in [-0.4, -0.2) is 49.2 Å². The molecule has 2 atom stereocenters. The van der Waals surface area contributed by atoms with Gasteiger partial charge in [0.25, 0.3) is 0 Å². The Morgan fingerprint density at radius 2 is 1.83 bits per heavy atom. The van der Waals surface area contributed by atoms with Crippen LogP contribution < -0.4 is 10.2 Å². The molecule has 0 aromatic heterocycles. The van der Waals surface area contributed by atoms with Gasteiger partial charge in [0.05, 0.1) is 5.71 Å². The molecule has 1 unspecified atom stereocenters. The van der Waals surface area contributed by atoms with Gasteiger partial charge in [-0.3, -0.25) is 4.79 Å². The summed E-state index contributed by atoms with van der Waals surface area (Å²) in [4.78, 5) is 17.1. The normalized spacial score (nSPS) is 21.5. The first-order valence-electron chi connectivity index (χ1n) is 9.88. The van der Waals surface area contributed by atoms with Gasteiger partial charge in [0, 0.05) is 48.1 Å². The van der Waals surface area contributed by atoms with Gasteiger partial charge in [-0.05, 0) is 67.4 Å². The van der Waals surface area contributed by atoms with Gasteiger partial charge >= 0.3 is 0 Å². The summed E-state index contributed by atoms with van der Waals surface area (Å²) in [5.74, 6) is 0.510.